The number of anilines is 1. The van der Waals surface area contributed by atoms with E-state index in [0.29, 0.717) is 17.1 Å². The van der Waals surface area contributed by atoms with Crippen molar-refractivity contribution in [2.45, 2.75) is 6.54 Å². The molecule has 0 amide bonds. The van der Waals surface area contributed by atoms with Crippen LogP contribution in [0.25, 0.3) is 0 Å². The third-order valence-electron chi connectivity index (χ3n) is 2.80. The first-order chi connectivity index (χ1) is 9.61. The van der Waals surface area contributed by atoms with E-state index in [2.05, 4.69) is 26.4 Å². The van der Waals surface area contributed by atoms with E-state index >= 15 is 0 Å². The molecular formula is C14H13BrClN3O. The highest BCUT2D eigenvalue weighted by Gasteiger charge is 2.07. The zero-order chi connectivity index (χ0) is 14.5. The fraction of sp³-hybridized carbons (Fsp3) is 0.0714. The van der Waals surface area contributed by atoms with Crippen molar-refractivity contribution in [3.05, 3.63) is 63.1 Å². The van der Waals surface area contributed by atoms with Crippen LogP contribution in [0.4, 0.5) is 5.69 Å². The van der Waals surface area contributed by atoms with Gasteiger partial charge in [-0.2, -0.15) is 0 Å². The van der Waals surface area contributed by atoms with E-state index in [1.807, 2.05) is 42.5 Å². The summed E-state index contributed by atoms with van der Waals surface area (Å²) in [5.41, 5.74) is 8.22. The van der Waals surface area contributed by atoms with Gasteiger partial charge < -0.3 is 16.3 Å². The number of oxime groups is 1. The molecule has 0 aromatic heterocycles. The minimum Gasteiger partial charge on any atom is -0.409 e. The van der Waals surface area contributed by atoms with E-state index in [1.165, 1.54) is 0 Å². The lowest BCUT2D eigenvalue weighted by molar-refractivity contribution is 0.318. The van der Waals surface area contributed by atoms with Gasteiger partial charge in [-0.25, -0.2) is 0 Å². The van der Waals surface area contributed by atoms with Gasteiger partial charge >= 0.3 is 0 Å². The summed E-state index contributed by atoms with van der Waals surface area (Å²) in [4.78, 5) is 0. The number of amidine groups is 1. The molecule has 0 heterocycles. The van der Waals surface area contributed by atoms with Crippen molar-refractivity contribution in [3.8, 4) is 0 Å². The highest BCUT2D eigenvalue weighted by atomic mass is 79.9. The van der Waals surface area contributed by atoms with Gasteiger partial charge in [-0.15, -0.1) is 0 Å². The van der Waals surface area contributed by atoms with Crippen LogP contribution in [0.15, 0.2) is 52.1 Å². The largest absolute Gasteiger partial charge is 0.409 e. The normalized spacial score (nSPS) is 11.4. The first-order valence-corrected chi connectivity index (χ1v) is 7.03. The first kappa shape index (κ1) is 14.7. The van der Waals surface area contributed by atoms with Crippen LogP contribution in [-0.4, -0.2) is 11.0 Å². The summed E-state index contributed by atoms with van der Waals surface area (Å²) in [6, 6.07) is 13.0. The van der Waals surface area contributed by atoms with Crippen LogP contribution in [0, 0.1) is 0 Å². The van der Waals surface area contributed by atoms with Crippen molar-refractivity contribution < 1.29 is 5.21 Å². The smallest absolute Gasteiger partial charge is 0.170 e. The molecule has 0 saturated heterocycles. The van der Waals surface area contributed by atoms with Crippen molar-refractivity contribution in [2.24, 2.45) is 10.9 Å². The summed E-state index contributed by atoms with van der Waals surface area (Å²) < 4.78 is 0.881. The molecule has 0 aliphatic rings. The zero-order valence-electron chi connectivity index (χ0n) is 10.5. The Morgan fingerprint density at radius 1 is 1.30 bits per heavy atom. The molecule has 0 spiro atoms. The van der Waals surface area contributed by atoms with Gasteiger partial charge in [0.25, 0.3) is 0 Å². The number of benzene rings is 2. The summed E-state index contributed by atoms with van der Waals surface area (Å²) >= 11 is 9.35. The Morgan fingerprint density at radius 2 is 2.05 bits per heavy atom. The van der Waals surface area contributed by atoms with Gasteiger partial charge in [0.15, 0.2) is 5.84 Å². The Morgan fingerprint density at radius 3 is 2.75 bits per heavy atom. The number of nitrogens with two attached hydrogens (primary N) is 1. The lowest BCUT2D eigenvalue weighted by Crippen LogP contribution is -2.16. The number of nitrogens with zero attached hydrogens (tertiary/aromatic N) is 1. The molecule has 20 heavy (non-hydrogen) atoms. The van der Waals surface area contributed by atoms with Crippen LogP contribution in [0.2, 0.25) is 5.02 Å². The standard InChI is InChI=1S/C14H13BrClN3O/c15-12-7-10(16)5-6-13(12)18-8-9-3-1-2-4-11(9)14(17)19-20/h1-7,18,20H,8H2,(H2,17,19). The number of hydrogen-bond donors (Lipinski definition) is 3. The molecular weight excluding hydrogens is 342 g/mol. The van der Waals surface area contributed by atoms with E-state index in [1.54, 1.807) is 0 Å². The van der Waals surface area contributed by atoms with E-state index in [-0.39, 0.29) is 5.84 Å². The summed E-state index contributed by atoms with van der Waals surface area (Å²) in [6.07, 6.45) is 0. The molecule has 0 fully saturated rings. The van der Waals surface area contributed by atoms with Crippen molar-refractivity contribution in [1.29, 1.82) is 0 Å². The zero-order valence-corrected chi connectivity index (χ0v) is 12.8. The Kier molecular flexibility index (Phi) is 4.87. The third kappa shape index (κ3) is 3.43. The van der Waals surface area contributed by atoms with Gasteiger partial charge in [-0.05, 0) is 39.7 Å². The second-order valence-electron chi connectivity index (χ2n) is 4.12. The van der Waals surface area contributed by atoms with Gasteiger partial charge in [0.2, 0.25) is 0 Å². The van der Waals surface area contributed by atoms with Gasteiger partial charge in [0, 0.05) is 27.3 Å². The lowest BCUT2D eigenvalue weighted by atomic mass is 10.1. The molecule has 6 heteroatoms. The van der Waals surface area contributed by atoms with E-state index < -0.39 is 0 Å². The van der Waals surface area contributed by atoms with Gasteiger partial charge in [-0.1, -0.05) is 41.0 Å². The molecule has 0 unspecified atom stereocenters. The molecule has 0 bridgehead atoms. The minimum absolute atomic E-state index is 0.0950. The molecule has 2 aromatic carbocycles. The number of hydrogen-bond acceptors (Lipinski definition) is 3. The molecule has 0 aliphatic carbocycles. The first-order valence-electron chi connectivity index (χ1n) is 5.86. The molecule has 0 atom stereocenters. The van der Waals surface area contributed by atoms with Crippen LogP contribution >= 0.6 is 27.5 Å². The monoisotopic (exact) mass is 353 g/mol. The quantitative estimate of drug-likeness (QED) is 0.338. The molecule has 0 radical (unpaired) electrons. The molecule has 4 N–H and O–H groups in total. The minimum atomic E-state index is 0.0950. The number of halogens is 2. The highest BCUT2D eigenvalue weighted by Crippen LogP contribution is 2.26. The second-order valence-corrected chi connectivity index (χ2v) is 5.41. The molecule has 0 saturated carbocycles. The summed E-state index contributed by atoms with van der Waals surface area (Å²) in [6.45, 7) is 0.548. The van der Waals surface area contributed by atoms with E-state index in [0.717, 1.165) is 15.7 Å². The fourth-order valence-electron chi connectivity index (χ4n) is 1.80. The summed E-state index contributed by atoms with van der Waals surface area (Å²) in [7, 11) is 0. The molecule has 4 nitrogen and oxygen atoms in total. The fourth-order valence-corrected chi connectivity index (χ4v) is 2.62. The lowest BCUT2D eigenvalue weighted by Gasteiger charge is -2.12. The Hall–Kier alpha value is -1.72. The maximum atomic E-state index is 8.79. The molecule has 104 valence electrons. The van der Waals surface area contributed by atoms with Crippen molar-refractivity contribution in [1.82, 2.24) is 0 Å². The Bertz CT molecular complexity index is 646. The Balaban J connectivity index is 2.19. The van der Waals surface area contributed by atoms with Crippen molar-refractivity contribution in [3.63, 3.8) is 0 Å². The number of nitrogens with one attached hydrogen (secondary N) is 1. The van der Waals surface area contributed by atoms with Crippen molar-refractivity contribution in [2.75, 3.05) is 5.32 Å². The SMILES string of the molecule is N/C(=N/O)c1ccccc1CNc1ccc(Cl)cc1Br. The topological polar surface area (TPSA) is 70.6 Å². The summed E-state index contributed by atoms with van der Waals surface area (Å²) in [5, 5.41) is 15.8. The number of rotatable bonds is 4. The molecule has 2 rings (SSSR count). The Labute approximate surface area is 130 Å². The maximum Gasteiger partial charge on any atom is 0.170 e. The van der Waals surface area contributed by atoms with Gasteiger partial charge in [0.05, 0.1) is 0 Å². The predicted molar refractivity (Wildman–Crippen MR) is 85.4 cm³/mol. The van der Waals surface area contributed by atoms with Crippen LogP contribution in [-0.2, 0) is 6.54 Å². The van der Waals surface area contributed by atoms with Crippen LogP contribution in [0.3, 0.4) is 0 Å². The van der Waals surface area contributed by atoms with Crippen LogP contribution < -0.4 is 11.1 Å². The maximum absolute atomic E-state index is 8.79. The van der Waals surface area contributed by atoms with E-state index in [4.69, 9.17) is 22.5 Å². The van der Waals surface area contributed by atoms with Crippen molar-refractivity contribution >= 4 is 39.1 Å². The second kappa shape index (κ2) is 6.63. The molecule has 0 aliphatic heterocycles. The predicted octanol–water partition coefficient (Wildman–Crippen LogP) is 3.81. The van der Waals surface area contributed by atoms with Crippen LogP contribution in [0.5, 0.6) is 0 Å². The van der Waals surface area contributed by atoms with Gasteiger partial charge in [0.1, 0.15) is 0 Å². The average Bonchev–Trinajstić information content (AvgIpc) is 2.46. The third-order valence-corrected chi connectivity index (χ3v) is 3.69. The highest BCUT2D eigenvalue weighted by molar-refractivity contribution is 9.10. The van der Waals surface area contributed by atoms with Crippen LogP contribution in [0.1, 0.15) is 11.1 Å². The summed E-state index contributed by atoms with van der Waals surface area (Å²) in [5.74, 6) is 0.0950. The van der Waals surface area contributed by atoms with Gasteiger partial charge in [-0.3, -0.25) is 0 Å². The molecule has 2 aromatic rings. The van der Waals surface area contributed by atoms with E-state index in [9.17, 15) is 0 Å². The average molecular weight is 355 g/mol.